The molecule has 0 N–H and O–H groups in total. The molecular weight excluding hydrogens is 326 g/mol. The number of rotatable bonds is 3. The van der Waals surface area contributed by atoms with Gasteiger partial charge in [0.25, 0.3) is 5.91 Å². The van der Waals surface area contributed by atoms with Crippen molar-refractivity contribution < 1.29 is 9.59 Å². The van der Waals surface area contributed by atoms with E-state index >= 15 is 0 Å². The molecule has 3 rings (SSSR count). The molecule has 2 aromatic rings. The van der Waals surface area contributed by atoms with Crippen LogP contribution in [0, 0.1) is 20.8 Å². The van der Waals surface area contributed by atoms with E-state index in [-0.39, 0.29) is 11.8 Å². The molecule has 26 heavy (non-hydrogen) atoms. The Hall–Kier alpha value is -2.56. The summed E-state index contributed by atoms with van der Waals surface area (Å²) in [4.78, 5) is 28.4. The lowest BCUT2D eigenvalue weighted by atomic mass is 10.1. The van der Waals surface area contributed by atoms with E-state index < -0.39 is 0 Å². The first-order chi connectivity index (χ1) is 12.4. The van der Waals surface area contributed by atoms with E-state index in [2.05, 4.69) is 41.8 Å². The van der Waals surface area contributed by atoms with Crippen LogP contribution in [0.1, 0.15) is 39.8 Å². The lowest BCUT2D eigenvalue weighted by Crippen LogP contribution is -2.50. The van der Waals surface area contributed by atoms with Gasteiger partial charge in [-0.05, 0) is 38.0 Å². The number of amides is 2. The number of carbonyl (C=O) groups is 2. The summed E-state index contributed by atoms with van der Waals surface area (Å²) in [5, 5.41) is 0. The van der Waals surface area contributed by atoms with Crippen molar-refractivity contribution in [2.45, 2.75) is 34.2 Å². The van der Waals surface area contributed by atoms with Crippen molar-refractivity contribution in [3.05, 3.63) is 58.4 Å². The predicted octanol–water partition coefficient (Wildman–Crippen LogP) is 2.77. The summed E-state index contributed by atoms with van der Waals surface area (Å²) in [6.45, 7) is 10.8. The van der Waals surface area contributed by atoms with Crippen molar-refractivity contribution in [2.75, 3.05) is 26.2 Å². The number of nitrogens with zero attached hydrogens (tertiary/aromatic N) is 3. The average Bonchev–Trinajstić information content (AvgIpc) is 2.88. The van der Waals surface area contributed by atoms with E-state index in [9.17, 15) is 9.59 Å². The van der Waals surface area contributed by atoms with Gasteiger partial charge >= 0.3 is 0 Å². The van der Waals surface area contributed by atoms with Crippen LogP contribution in [0.5, 0.6) is 0 Å². The molecule has 0 unspecified atom stereocenters. The summed E-state index contributed by atoms with van der Waals surface area (Å²) in [7, 11) is 0. The Kier molecular flexibility index (Phi) is 5.16. The van der Waals surface area contributed by atoms with E-state index in [1.165, 1.54) is 11.1 Å². The zero-order chi connectivity index (χ0) is 18.8. The summed E-state index contributed by atoms with van der Waals surface area (Å²) < 4.78 is 2.11. The van der Waals surface area contributed by atoms with Crippen LogP contribution < -0.4 is 0 Å². The number of carbonyl (C=O) groups excluding carboxylic acids is 2. The summed E-state index contributed by atoms with van der Waals surface area (Å²) in [6, 6.07) is 10.5. The van der Waals surface area contributed by atoms with Crippen molar-refractivity contribution >= 4 is 11.8 Å². The van der Waals surface area contributed by atoms with E-state index in [0.717, 1.165) is 17.0 Å². The van der Waals surface area contributed by atoms with Crippen LogP contribution in [0.3, 0.4) is 0 Å². The topological polar surface area (TPSA) is 45.6 Å². The Morgan fingerprint density at radius 3 is 2.23 bits per heavy atom. The van der Waals surface area contributed by atoms with Gasteiger partial charge in [0.1, 0.15) is 5.69 Å². The summed E-state index contributed by atoms with van der Waals surface area (Å²) >= 11 is 0. The van der Waals surface area contributed by atoms with Crippen LogP contribution in [0.4, 0.5) is 0 Å². The van der Waals surface area contributed by atoms with E-state index in [1.54, 1.807) is 11.8 Å². The Morgan fingerprint density at radius 2 is 1.62 bits per heavy atom. The largest absolute Gasteiger partial charge is 0.339 e. The Labute approximate surface area is 155 Å². The third-order valence-corrected chi connectivity index (χ3v) is 5.13. The third-order valence-electron chi connectivity index (χ3n) is 5.13. The van der Waals surface area contributed by atoms with Crippen LogP contribution in [-0.4, -0.2) is 52.4 Å². The van der Waals surface area contributed by atoms with Crippen molar-refractivity contribution in [3.8, 4) is 0 Å². The zero-order valence-corrected chi connectivity index (χ0v) is 16.1. The number of benzene rings is 1. The highest BCUT2D eigenvalue weighted by Gasteiger charge is 2.27. The van der Waals surface area contributed by atoms with Crippen LogP contribution in [0.15, 0.2) is 30.3 Å². The van der Waals surface area contributed by atoms with Gasteiger partial charge in [-0.25, -0.2) is 0 Å². The molecule has 1 aromatic heterocycles. The first-order valence-corrected chi connectivity index (χ1v) is 9.14. The Bertz CT molecular complexity index is 830. The van der Waals surface area contributed by atoms with E-state index in [0.29, 0.717) is 32.7 Å². The SMILES string of the molecule is CC(=O)N1CCN(C(=O)c2c(C)cc(C)n2Cc2cccc(C)c2)CC1. The maximum absolute atomic E-state index is 13.2. The van der Waals surface area contributed by atoms with Crippen molar-refractivity contribution in [1.82, 2.24) is 14.4 Å². The first-order valence-electron chi connectivity index (χ1n) is 9.14. The van der Waals surface area contributed by atoms with Gasteiger partial charge in [-0.3, -0.25) is 9.59 Å². The average molecular weight is 353 g/mol. The van der Waals surface area contributed by atoms with Crippen molar-refractivity contribution in [1.29, 1.82) is 0 Å². The first kappa shape index (κ1) is 18.2. The highest BCUT2D eigenvalue weighted by Crippen LogP contribution is 2.20. The highest BCUT2D eigenvalue weighted by atomic mass is 16.2. The molecule has 5 heteroatoms. The molecule has 0 saturated carbocycles. The van der Waals surface area contributed by atoms with Gasteiger partial charge in [-0.1, -0.05) is 29.8 Å². The van der Waals surface area contributed by atoms with Gasteiger partial charge in [-0.15, -0.1) is 0 Å². The van der Waals surface area contributed by atoms with Crippen LogP contribution >= 0.6 is 0 Å². The summed E-state index contributed by atoms with van der Waals surface area (Å²) in [5.41, 5.74) is 5.28. The molecule has 2 amide bonds. The maximum Gasteiger partial charge on any atom is 0.270 e. The summed E-state index contributed by atoms with van der Waals surface area (Å²) in [5.74, 6) is 0.137. The molecule has 1 aromatic carbocycles. The zero-order valence-electron chi connectivity index (χ0n) is 16.1. The molecule has 138 valence electrons. The molecule has 5 nitrogen and oxygen atoms in total. The quantitative estimate of drug-likeness (QED) is 0.852. The molecule has 0 aliphatic carbocycles. The molecular formula is C21H27N3O2. The highest BCUT2D eigenvalue weighted by molar-refractivity contribution is 5.94. The van der Waals surface area contributed by atoms with Crippen LogP contribution in [-0.2, 0) is 11.3 Å². The van der Waals surface area contributed by atoms with Crippen LogP contribution in [0.25, 0.3) is 0 Å². The Morgan fingerprint density at radius 1 is 0.962 bits per heavy atom. The van der Waals surface area contributed by atoms with Gasteiger partial charge in [0, 0.05) is 45.3 Å². The number of piperazine rings is 1. The standard InChI is InChI=1S/C21H27N3O2/c1-15-6-5-7-19(12-15)14-24-17(3)13-16(2)20(24)21(26)23-10-8-22(9-11-23)18(4)25/h5-7,12-13H,8-11,14H2,1-4H3. The smallest absolute Gasteiger partial charge is 0.270 e. The van der Waals surface area contributed by atoms with Crippen molar-refractivity contribution in [2.24, 2.45) is 0 Å². The minimum Gasteiger partial charge on any atom is -0.339 e. The van der Waals surface area contributed by atoms with Crippen molar-refractivity contribution in [3.63, 3.8) is 0 Å². The Balaban J connectivity index is 1.84. The van der Waals surface area contributed by atoms with E-state index in [4.69, 9.17) is 0 Å². The van der Waals surface area contributed by atoms with Gasteiger partial charge in [-0.2, -0.15) is 0 Å². The number of hydrogen-bond acceptors (Lipinski definition) is 2. The monoisotopic (exact) mass is 353 g/mol. The number of hydrogen-bond donors (Lipinski definition) is 0. The normalized spacial score (nSPS) is 14.6. The maximum atomic E-state index is 13.2. The van der Waals surface area contributed by atoms with Gasteiger partial charge in [0.05, 0.1) is 0 Å². The molecule has 1 saturated heterocycles. The second kappa shape index (κ2) is 7.36. The number of aromatic nitrogens is 1. The predicted molar refractivity (Wildman–Crippen MR) is 102 cm³/mol. The van der Waals surface area contributed by atoms with Gasteiger partial charge < -0.3 is 14.4 Å². The lowest BCUT2D eigenvalue weighted by molar-refractivity contribution is -0.130. The lowest BCUT2D eigenvalue weighted by Gasteiger charge is -2.34. The molecule has 2 heterocycles. The minimum atomic E-state index is 0.0615. The summed E-state index contributed by atoms with van der Waals surface area (Å²) in [6.07, 6.45) is 0. The van der Waals surface area contributed by atoms with Gasteiger partial charge in [0.15, 0.2) is 0 Å². The number of aryl methyl sites for hydroxylation is 3. The molecule has 0 spiro atoms. The fourth-order valence-corrected chi connectivity index (χ4v) is 3.70. The molecule has 0 bridgehead atoms. The molecule has 0 radical (unpaired) electrons. The van der Waals surface area contributed by atoms with Gasteiger partial charge in [0.2, 0.25) is 5.91 Å². The second-order valence-electron chi connectivity index (χ2n) is 7.19. The molecule has 1 aliphatic rings. The second-order valence-corrected chi connectivity index (χ2v) is 7.19. The van der Waals surface area contributed by atoms with Crippen LogP contribution in [0.2, 0.25) is 0 Å². The fourth-order valence-electron chi connectivity index (χ4n) is 3.70. The molecule has 0 atom stereocenters. The third kappa shape index (κ3) is 3.66. The molecule has 1 fully saturated rings. The molecule has 1 aliphatic heterocycles. The fraction of sp³-hybridized carbons (Fsp3) is 0.429. The minimum absolute atomic E-state index is 0.0615. The van der Waals surface area contributed by atoms with E-state index in [1.807, 2.05) is 18.7 Å².